The zero-order valence-corrected chi connectivity index (χ0v) is 13.0. The molecule has 2 aliphatic heterocycles. The van der Waals surface area contributed by atoms with E-state index in [-0.39, 0.29) is 12.1 Å². The summed E-state index contributed by atoms with van der Waals surface area (Å²) in [4.78, 5) is 38.8. The molecule has 0 spiro atoms. The number of nitrogens with one attached hydrogen (secondary N) is 2. The smallest absolute Gasteiger partial charge is 0.409 e. The van der Waals surface area contributed by atoms with Crippen LogP contribution in [0.15, 0.2) is 0 Å². The Morgan fingerprint density at radius 1 is 1.09 bits per heavy atom. The second kappa shape index (κ2) is 7.98. The Morgan fingerprint density at radius 3 is 2.32 bits per heavy atom. The molecule has 0 saturated carbocycles. The molecular formula is C14H24N4O4. The Morgan fingerprint density at radius 2 is 1.73 bits per heavy atom. The van der Waals surface area contributed by atoms with Crippen LogP contribution in [0.1, 0.15) is 19.8 Å². The average Bonchev–Trinajstić information content (AvgIpc) is 2.55. The molecule has 0 aromatic heterocycles. The molecule has 124 valence electrons. The number of hydrogen-bond donors (Lipinski definition) is 2. The predicted octanol–water partition coefficient (Wildman–Crippen LogP) is -0.845. The third-order valence-corrected chi connectivity index (χ3v) is 3.95. The molecule has 8 heteroatoms. The molecular weight excluding hydrogens is 288 g/mol. The largest absolute Gasteiger partial charge is 0.450 e. The molecule has 2 fully saturated rings. The van der Waals surface area contributed by atoms with Gasteiger partial charge >= 0.3 is 17.9 Å². The van der Waals surface area contributed by atoms with E-state index in [1.165, 1.54) is 0 Å². The third-order valence-electron chi connectivity index (χ3n) is 3.95. The number of likely N-dealkylation sites (tertiary alicyclic amines) is 1. The normalized spacial score (nSPS) is 19.7. The quantitative estimate of drug-likeness (QED) is 0.649. The van der Waals surface area contributed by atoms with E-state index >= 15 is 0 Å². The van der Waals surface area contributed by atoms with E-state index in [2.05, 4.69) is 10.6 Å². The second-order valence-electron chi connectivity index (χ2n) is 5.48. The fourth-order valence-electron chi connectivity index (χ4n) is 2.68. The van der Waals surface area contributed by atoms with Crippen LogP contribution in [-0.4, -0.2) is 79.6 Å². The highest BCUT2D eigenvalue weighted by Gasteiger charge is 2.28. The van der Waals surface area contributed by atoms with Crippen LogP contribution in [0.2, 0.25) is 0 Å². The minimum Gasteiger partial charge on any atom is -0.450 e. The monoisotopic (exact) mass is 312 g/mol. The predicted molar refractivity (Wildman–Crippen MR) is 79.2 cm³/mol. The van der Waals surface area contributed by atoms with Crippen LogP contribution in [0.4, 0.5) is 4.79 Å². The third kappa shape index (κ3) is 4.33. The molecule has 0 unspecified atom stereocenters. The number of carbonyl (C=O) groups is 3. The molecule has 2 rings (SSSR count). The first-order chi connectivity index (χ1) is 10.6. The number of ether oxygens (including phenoxy) is 1. The molecule has 2 aliphatic rings. The molecule has 0 bridgehead atoms. The summed E-state index contributed by atoms with van der Waals surface area (Å²) in [6.07, 6.45) is 0.961. The van der Waals surface area contributed by atoms with Gasteiger partial charge in [0.05, 0.1) is 6.61 Å². The van der Waals surface area contributed by atoms with Gasteiger partial charge in [-0.15, -0.1) is 0 Å². The SMILES string of the molecule is CCOC(=O)N1CCC(NC(=O)C(=O)N2CCNCC2)CC1. The minimum atomic E-state index is -0.545. The van der Waals surface area contributed by atoms with E-state index in [0.717, 1.165) is 13.1 Å². The average molecular weight is 312 g/mol. The van der Waals surface area contributed by atoms with Gasteiger partial charge in [0.1, 0.15) is 0 Å². The zero-order valence-electron chi connectivity index (χ0n) is 13.0. The lowest BCUT2D eigenvalue weighted by molar-refractivity contribution is -0.146. The lowest BCUT2D eigenvalue weighted by atomic mass is 10.1. The fraction of sp³-hybridized carbons (Fsp3) is 0.786. The molecule has 3 amide bonds. The summed E-state index contributed by atoms with van der Waals surface area (Å²) in [6.45, 7) is 5.76. The summed E-state index contributed by atoms with van der Waals surface area (Å²) in [6, 6.07) is -0.0648. The van der Waals surface area contributed by atoms with Crippen molar-refractivity contribution in [2.75, 3.05) is 45.9 Å². The van der Waals surface area contributed by atoms with Crippen LogP contribution in [0.5, 0.6) is 0 Å². The molecule has 0 aromatic rings. The number of hydrogen-bond acceptors (Lipinski definition) is 5. The van der Waals surface area contributed by atoms with Gasteiger partial charge < -0.3 is 25.2 Å². The Labute approximate surface area is 130 Å². The van der Waals surface area contributed by atoms with Gasteiger partial charge in [0, 0.05) is 45.3 Å². The van der Waals surface area contributed by atoms with Gasteiger partial charge in [-0.05, 0) is 19.8 Å². The van der Waals surface area contributed by atoms with Crippen molar-refractivity contribution in [3.8, 4) is 0 Å². The van der Waals surface area contributed by atoms with Gasteiger partial charge in [-0.25, -0.2) is 4.79 Å². The van der Waals surface area contributed by atoms with E-state index in [9.17, 15) is 14.4 Å². The van der Waals surface area contributed by atoms with Crippen LogP contribution in [0, 0.1) is 0 Å². The molecule has 0 aromatic carbocycles. The van der Waals surface area contributed by atoms with Crippen LogP contribution in [0.25, 0.3) is 0 Å². The topological polar surface area (TPSA) is 91.0 Å². The highest BCUT2D eigenvalue weighted by molar-refractivity contribution is 6.35. The number of piperidine rings is 1. The van der Waals surface area contributed by atoms with Gasteiger partial charge in [0.2, 0.25) is 0 Å². The Hall–Kier alpha value is -1.83. The summed E-state index contributed by atoms with van der Waals surface area (Å²) in [7, 11) is 0. The van der Waals surface area contributed by atoms with Gasteiger partial charge in [0.15, 0.2) is 0 Å². The summed E-state index contributed by atoms with van der Waals surface area (Å²) >= 11 is 0. The summed E-state index contributed by atoms with van der Waals surface area (Å²) in [5.41, 5.74) is 0. The first-order valence-electron chi connectivity index (χ1n) is 7.84. The van der Waals surface area contributed by atoms with Crippen LogP contribution < -0.4 is 10.6 Å². The molecule has 8 nitrogen and oxygen atoms in total. The maximum Gasteiger partial charge on any atom is 0.409 e. The van der Waals surface area contributed by atoms with Gasteiger partial charge in [0.25, 0.3) is 0 Å². The summed E-state index contributed by atoms with van der Waals surface area (Å²) in [5.74, 6) is -1.01. The van der Waals surface area contributed by atoms with Gasteiger partial charge in [-0.1, -0.05) is 0 Å². The number of piperazine rings is 1. The van der Waals surface area contributed by atoms with E-state index in [0.29, 0.717) is 45.6 Å². The van der Waals surface area contributed by atoms with Crippen LogP contribution >= 0.6 is 0 Å². The van der Waals surface area contributed by atoms with Crippen LogP contribution in [0.3, 0.4) is 0 Å². The number of carbonyl (C=O) groups excluding carboxylic acids is 3. The van der Waals surface area contributed by atoms with E-state index in [4.69, 9.17) is 4.74 Å². The standard InChI is InChI=1S/C14H24N4O4/c1-2-22-14(21)18-7-3-11(4-8-18)16-12(19)13(20)17-9-5-15-6-10-17/h11,15H,2-10H2,1H3,(H,16,19). The van der Waals surface area contributed by atoms with Crippen molar-refractivity contribution in [3.63, 3.8) is 0 Å². The van der Waals surface area contributed by atoms with Crippen molar-refractivity contribution in [2.24, 2.45) is 0 Å². The van der Waals surface area contributed by atoms with E-state index < -0.39 is 11.8 Å². The number of nitrogens with zero attached hydrogens (tertiary/aromatic N) is 2. The lowest BCUT2D eigenvalue weighted by Gasteiger charge is -2.32. The Bertz CT molecular complexity index is 415. The second-order valence-corrected chi connectivity index (χ2v) is 5.48. The molecule has 2 heterocycles. The van der Waals surface area contributed by atoms with Crippen molar-refractivity contribution < 1.29 is 19.1 Å². The minimum absolute atomic E-state index is 0.0648. The molecule has 0 atom stereocenters. The van der Waals surface area contributed by atoms with Gasteiger partial charge in [-0.2, -0.15) is 0 Å². The van der Waals surface area contributed by atoms with Crippen molar-refractivity contribution >= 4 is 17.9 Å². The molecule has 22 heavy (non-hydrogen) atoms. The maximum atomic E-state index is 12.0. The highest BCUT2D eigenvalue weighted by Crippen LogP contribution is 2.11. The van der Waals surface area contributed by atoms with E-state index in [1.54, 1.807) is 16.7 Å². The Balaban J connectivity index is 1.74. The number of rotatable bonds is 2. The van der Waals surface area contributed by atoms with Crippen molar-refractivity contribution in [3.05, 3.63) is 0 Å². The van der Waals surface area contributed by atoms with Crippen LogP contribution in [-0.2, 0) is 14.3 Å². The van der Waals surface area contributed by atoms with Gasteiger partial charge in [-0.3, -0.25) is 9.59 Å². The molecule has 2 N–H and O–H groups in total. The van der Waals surface area contributed by atoms with E-state index in [1.807, 2.05) is 0 Å². The number of amides is 3. The van der Waals surface area contributed by atoms with Crippen molar-refractivity contribution in [1.29, 1.82) is 0 Å². The molecule has 0 radical (unpaired) electrons. The Kier molecular flexibility index (Phi) is 6.00. The lowest BCUT2D eigenvalue weighted by Crippen LogP contribution is -2.54. The molecule has 0 aliphatic carbocycles. The first-order valence-corrected chi connectivity index (χ1v) is 7.84. The maximum absolute atomic E-state index is 12.0. The summed E-state index contributed by atoms with van der Waals surface area (Å²) < 4.78 is 4.95. The fourth-order valence-corrected chi connectivity index (χ4v) is 2.68. The zero-order chi connectivity index (χ0) is 15.9. The highest BCUT2D eigenvalue weighted by atomic mass is 16.6. The van der Waals surface area contributed by atoms with Crippen molar-refractivity contribution in [1.82, 2.24) is 20.4 Å². The summed E-state index contributed by atoms with van der Waals surface area (Å²) in [5, 5.41) is 5.92. The first kappa shape index (κ1) is 16.5. The molecule has 2 saturated heterocycles. The van der Waals surface area contributed by atoms with Crippen molar-refractivity contribution in [2.45, 2.75) is 25.8 Å².